The first kappa shape index (κ1) is 16.0. The van der Waals surface area contributed by atoms with Crippen LogP contribution in [-0.4, -0.2) is 24.5 Å². The van der Waals surface area contributed by atoms with Crippen molar-refractivity contribution >= 4 is 0 Å². The van der Waals surface area contributed by atoms with Crippen LogP contribution in [0.4, 0.5) is 0 Å². The summed E-state index contributed by atoms with van der Waals surface area (Å²) in [6, 6.07) is 0. The van der Waals surface area contributed by atoms with Crippen molar-refractivity contribution in [1.82, 2.24) is 4.90 Å². The number of rotatable bonds is 4. The molecule has 0 unspecified atom stereocenters. The minimum Gasteiger partial charge on any atom is -0.303 e. The van der Waals surface area contributed by atoms with E-state index in [4.69, 9.17) is 0 Å². The predicted octanol–water partition coefficient (Wildman–Crippen LogP) is 4.96. The maximum Gasteiger partial charge on any atom is 0.00300 e. The Morgan fingerprint density at radius 2 is 1.44 bits per heavy atom. The van der Waals surface area contributed by atoms with Crippen molar-refractivity contribution in [3.63, 3.8) is 0 Å². The maximum absolute atomic E-state index is 2.67. The maximum atomic E-state index is 2.67. The van der Waals surface area contributed by atoms with Crippen LogP contribution >= 0.6 is 0 Å². The highest BCUT2D eigenvalue weighted by molar-refractivity contribution is 4.76. The summed E-state index contributed by atoms with van der Waals surface area (Å²) < 4.78 is 0. The molecule has 0 spiro atoms. The molecule has 18 heavy (non-hydrogen) atoms. The molecule has 1 heteroatoms. The third kappa shape index (κ3) is 7.41. The highest BCUT2D eigenvalue weighted by atomic mass is 15.1. The number of nitrogens with zero attached hydrogens (tertiary/aromatic N) is 1. The van der Waals surface area contributed by atoms with Crippen molar-refractivity contribution in [3.05, 3.63) is 0 Å². The average molecular weight is 253 g/mol. The minimum absolute atomic E-state index is 0.457. The Balaban J connectivity index is 2.16. The molecule has 0 N–H and O–H groups in total. The molecule has 0 aliphatic carbocycles. The van der Waals surface area contributed by atoms with E-state index in [1.807, 2.05) is 0 Å². The van der Waals surface area contributed by atoms with Crippen molar-refractivity contribution in [3.8, 4) is 0 Å². The first-order valence-electron chi connectivity index (χ1n) is 7.88. The highest BCUT2D eigenvalue weighted by Crippen LogP contribution is 2.28. The molecule has 0 aromatic rings. The summed E-state index contributed by atoms with van der Waals surface area (Å²) in [5, 5.41) is 0. The van der Waals surface area contributed by atoms with Gasteiger partial charge in [0.15, 0.2) is 0 Å². The minimum atomic E-state index is 0.457. The van der Waals surface area contributed by atoms with Crippen LogP contribution in [0.15, 0.2) is 0 Å². The summed E-state index contributed by atoms with van der Waals surface area (Å²) in [5.41, 5.74) is 0.978. The zero-order valence-corrected chi connectivity index (χ0v) is 13.7. The van der Waals surface area contributed by atoms with E-state index in [-0.39, 0.29) is 0 Å². The molecule has 1 fully saturated rings. The van der Waals surface area contributed by atoms with E-state index < -0.39 is 0 Å². The van der Waals surface area contributed by atoms with E-state index in [0.717, 1.165) is 5.92 Å². The standard InChI is InChI=1S/C17H35N/c1-16(2,3)11-7-8-15-9-12-18(13-10-15)14-17(4,5)6/h15H,7-14H2,1-6H3. The van der Waals surface area contributed by atoms with Gasteiger partial charge in [0.05, 0.1) is 0 Å². The molecule has 108 valence electrons. The van der Waals surface area contributed by atoms with Crippen molar-refractivity contribution < 1.29 is 0 Å². The second-order valence-corrected chi connectivity index (χ2v) is 8.73. The first-order chi connectivity index (χ1) is 8.16. The normalized spacial score (nSPS) is 20.3. The van der Waals surface area contributed by atoms with E-state index >= 15 is 0 Å². The van der Waals surface area contributed by atoms with Gasteiger partial charge in [-0.1, -0.05) is 54.4 Å². The molecule has 0 saturated carbocycles. The topological polar surface area (TPSA) is 3.24 Å². The number of piperidine rings is 1. The van der Waals surface area contributed by atoms with Gasteiger partial charge in [-0.2, -0.15) is 0 Å². The van der Waals surface area contributed by atoms with Crippen LogP contribution in [0, 0.1) is 16.7 Å². The Kier molecular flexibility index (Phi) is 5.70. The van der Waals surface area contributed by atoms with Gasteiger partial charge in [0.1, 0.15) is 0 Å². The Bertz CT molecular complexity index is 223. The van der Waals surface area contributed by atoms with Crippen LogP contribution in [0.3, 0.4) is 0 Å². The molecule has 0 amide bonds. The van der Waals surface area contributed by atoms with Crippen molar-refractivity contribution in [2.24, 2.45) is 16.7 Å². The van der Waals surface area contributed by atoms with Crippen LogP contribution in [0.2, 0.25) is 0 Å². The van der Waals surface area contributed by atoms with Gasteiger partial charge in [-0.05, 0) is 49.1 Å². The molecule has 0 aromatic heterocycles. The summed E-state index contributed by atoms with van der Waals surface area (Å²) in [6.45, 7) is 18.1. The van der Waals surface area contributed by atoms with E-state index in [0.29, 0.717) is 10.8 Å². The molecular formula is C17H35N. The van der Waals surface area contributed by atoms with Crippen LogP contribution in [-0.2, 0) is 0 Å². The van der Waals surface area contributed by atoms with Crippen LogP contribution in [0.1, 0.15) is 73.6 Å². The van der Waals surface area contributed by atoms with Crippen molar-refractivity contribution in [2.45, 2.75) is 73.6 Å². The van der Waals surface area contributed by atoms with Crippen molar-refractivity contribution in [1.29, 1.82) is 0 Å². The van der Waals surface area contributed by atoms with Gasteiger partial charge in [-0.25, -0.2) is 0 Å². The highest BCUT2D eigenvalue weighted by Gasteiger charge is 2.23. The summed E-state index contributed by atoms with van der Waals surface area (Å²) in [5.74, 6) is 1.00. The second-order valence-electron chi connectivity index (χ2n) is 8.73. The van der Waals surface area contributed by atoms with Crippen LogP contribution in [0.25, 0.3) is 0 Å². The summed E-state index contributed by atoms with van der Waals surface area (Å²) >= 11 is 0. The van der Waals surface area contributed by atoms with Gasteiger partial charge in [-0.3, -0.25) is 0 Å². The Labute approximate surface area is 115 Å². The molecular weight excluding hydrogens is 218 g/mol. The largest absolute Gasteiger partial charge is 0.303 e. The molecule has 0 atom stereocenters. The fourth-order valence-electron chi connectivity index (χ4n) is 3.03. The summed E-state index contributed by atoms with van der Waals surface area (Å²) in [6.07, 6.45) is 7.13. The molecule has 1 rings (SSSR count). The van der Waals surface area contributed by atoms with Gasteiger partial charge in [0, 0.05) is 6.54 Å². The zero-order valence-electron chi connectivity index (χ0n) is 13.7. The summed E-state index contributed by atoms with van der Waals surface area (Å²) in [4.78, 5) is 2.67. The lowest BCUT2D eigenvalue weighted by atomic mass is 9.85. The van der Waals surface area contributed by atoms with Crippen molar-refractivity contribution in [2.75, 3.05) is 19.6 Å². The third-order valence-electron chi connectivity index (χ3n) is 3.94. The average Bonchev–Trinajstić information content (AvgIpc) is 2.16. The SMILES string of the molecule is CC(C)(C)CCCC1CCN(CC(C)(C)C)CC1. The van der Waals surface area contributed by atoms with Gasteiger partial charge in [-0.15, -0.1) is 0 Å². The van der Waals surface area contributed by atoms with Gasteiger partial charge < -0.3 is 4.90 Å². The lowest BCUT2D eigenvalue weighted by Crippen LogP contribution is -2.39. The molecule has 1 heterocycles. The number of likely N-dealkylation sites (tertiary alicyclic amines) is 1. The van der Waals surface area contributed by atoms with E-state index in [1.165, 1.54) is 51.7 Å². The van der Waals surface area contributed by atoms with E-state index in [1.54, 1.807) is 0 Å². The second kappa shape index (κ2) is 6.41. The van der Waals surface area contributed by atoms with Gasteiger partial charge in [0.2, 0.25) is 0 Å². The Hall–Kier alpha value is -0.0400. The Morgan fingerprint density at radius 3 is 1.89 bits per heavy atom. The molecule has 1 saturated heterocycles. The van der Waals surface area contributed by atoms with E-state index in [2.05, 4.69) is 46.4 Å². The lowest BCUT2D eigenvalue weighted by Gasteiger charge is -2.36. The number of hydrogen-bond donors (Lipinski definition) is 0. The smallest absolute Gasteiger partial charge is 0.00300 e. The quantitative estimate of drug-likeness (QED) is 0.684. The third-order valence-corrected chi connectivity index (χ3v) is 3.94. The molecule has 1 aliphatic heterocycles. The lowest BCUT2D eigenvalue weighted by molar-refractivity contribution is 0.131. The van der Waals surface area contributed by atoms with Gasteiger partial charge >= 0.3 is 0 Å². The summed E-state index contributed by atoms with van der Waals surface area (Å²) in [7, 11) is 0. The molecule has 0 aromatic carbocycles. The molecule has 1 nitrogen and oxygen atoms in total. The monoisotopic (exact) mass is 253 g/mol. The fourth-order valence-corrected chi connectivity index (χ4v) is 3.03. The first-order valence-corrected chi connectivity index (χ1v) is 7.88. The molecule has 0 bridgehead atoms. The van der Waals surface area contributed by atoms with Gasteiger partial charge in [0.25, 0.3) is 0 Å². The van der Waals surface area contributed by atoms with Crippen LogP contribution in [0.5, 0.6) is 0 Å². The zero-order chi connectivity index (χ0) is 13.8. The number of hydrogen-bond acceptors (Lipinski definition) is 1. The predicted molar refractivity (Wildman–Crippen MR) is 81.9 cm³/mol. The Morgan fingerprint density at radius 1 is 0.889 bits per heavy atom. The van der Waals surface area contributed by atoms with E-state index in [9.17, 15) is 0 Å². The molecule has 0 radical (unpaired) electrons. The fraction of sp³-hybridized carbons (Fsp3) is 1.00. The van der Waals surface area contributed by atoms with Crippen LogP contribution < -0.4 is 0 Å². The molecule has 1 aliphatic rings.